The van der Waals surface area contributed by atoms with Gasteiger partial charge in [-0.15, -0.1) is 0 Å². The second-order valence-electron chi connectivity index (χ2n) is 6.34. The maximum Gasteiger partial charge on any atom is 0.270 e. The first-order chi connectivity index (χ1) is 10.7. The fourth-order valence-corrected chi connectivity index (χ4v) is 2.99. The van der Waals surface area contributed by atoms with Gasteiger partial charge in [-0.3, -0.25) is 9.78 Å². The molecule has 0 saturated heterocycles. The number of carbonyl (C=O) groups is 1. The van der Waals surface area contributed by atoms with E-state index < -0.39 is 0 Å². The van der Waals surface area contributed by atoms with Crippen LogP contribution in [0.15, 0.2) is 18.3 Å². The first kappa shape index (κ1) is 16.8. The summed E-state index contributed by atoms with van der Waals surface area (Å²) in [6, 6.07) is 4.19. The van der Waals surface area contributed by atoms with E-state index in [1.165, 1.54) is 32.1 Å². The molecule has 1 saturated carbocycles. The van der Waals surface area contributed by atoms with E-state index in [0.717, 1.165) is 31.5 Å². The van der Waals surface area contributed by atoms with Crippen LogP contribution in [0.1, 0.15) is 68.8 Å². The molecular weight excluding hydrogens is 274 g/mol. The molecule has 0 bridgehead atoms. The lowest BCUT2D eigenvalue weighted by Gasteiger charge is -2.20. The third-order valence-electron chi connectivity index (χ3n) is 4.45. The second kappa shape index (κ2) is 8.76. The van der Waals surface area contributed by atoms with Crippen LogP contribution in [0.3, 0.4) is 0 Å². The Morgan fingerprint density at radius 2 is 2.05 bits per heavy atom. The number of aromatic nitrogens is 1. The molecule has 1 aliphatic rings. The van der Waals surface area contributed by atoms with Crippen LogP contribution in [0.4, 0.5) is 5.69 Å². The lowest BCUT2D eigenvalue weighted by molar-refractivity contribution is 0.0928. The summed E-state index contributed by atoms with van der Waals surface area (Å²) in [5.41, 5.74) is 1.60. The highest BCUT2D eigenvalue weighted by molar-refractivity contribution is 5.93. The largest absolute Gasteiger partial charge is 0.374 e. The van der Waals surface area contributed by atoms with Gasteiger partial charge in [0.25, 0.3) is 5.91 Å². The molecule has 0 radical (unpaired) electrons. The Balaban J connectivity index is 1.97. The molecule has 0 unspecified atom stereocenters. The number of rotatable bonds is 6. The van der Waals surface area contributed by atoms with Crippen LogP contribution in [-0.4, -0.2) is 30.5 Å². The molecule has 1 aliphatic carbocycles. The predicted octanol–water partition coefficient (Wildman–Crippen LogP) is 3.77. The minimum atomic E-state index is -0.0300. The summed E-state index contributed by atoms with van der Waals surface area (Å²) in [4.78, 5) is 18.9. The lowest BCUT2D eigenvalue weighted by Crippen LogP contribution is -2.35. The number of carbonyl (C=O) groups excluding carboxylic acids is 1. The van der Waals surface area contributed by atoms with Gasteiger partial charge >= 0.3 is 0 Å². The number of nitrogens with one attached hydrogen (secondary N) is 1. The highest BCUT2D eigenvalue weighted by Gasteiger charge is 2.17. The predicted molar refractivity (Wildman–Crippen MR) is 91.4 cm³/mol. The third kappa shape index (κ3) is 5.00. The summed E-state index contributed by atoms with van der Waals surface area (Å²) in [6.45, 7) is 3.19. The quantitative estimate of drug-likeness (QED) is 0.814. The van der Waals surface area contributed by atoms with Crippen LogP contribution in [0.2, 0.25) is 0 Å². The molecule has 0 aliphatic heterocycles. The molecule has 1 N–H and O–H groups in total. The standard InChI is InChI=1S/C18H29N3O/c1-3-4-13-21(2)16-11-12-19-17(14-16)18(22)20-15-9-7-5-6-8-10-15/h11-12,14-15H,3-10,13H2,1-2H3,(H,20,22). The maximum absolute atomic E-state index is 12.4. The van der Waals surface area contributed by atoms with Crippen molar-refractivity contribution < 1.29 is 4.79 Å². The third-order valence-corrected chi connectivity index (χ3v) is 4.45. The molecule has 0 aromatic carbocycles. The van der Waals surface area contributed by atoms with Gasteiger partial charge in [0.1, 0.15) is 5.69 Å². The van der Waals surface area contributed by atoms with Crippen molar-refractivity contribution in [2.45, 2.75) is 64.3 Å². The van der Waals surface area contributed by atoms with Crippen LogP contribution in [0.25, 0.3) is 0 Å². The van der Waals surface area contributed by atoms with Gasteiger partial charge in [-0.2, -0.15) is 0 Å². The Kier molecular flexibility index (Phi) is 6.69. The van der Waals surface area contributed by atoms with E-state index in [-0.39, 0.29) is 5.91 Å². The van der Waals surface area contributed by atoms with E-state index in [0.29, 0.717) is 11.7 Å². The van der Waals surface area contributed by atoms with Crippen molar-refractivity contribution in [2.75, 3.05) is 18.5 Å². The van der Waals surface area contributed by atoms with Crippen molar-refractivity contribution >= 4 is 11.6 Å². The molecule has 1 amide bonds. The van der Waals surface area contributed by atoms with E-state index in [2.05, 4.69) is 29.2 Å². The van der Waals surface area contributed by atoms with Crippen molar-refractivity contribution in [2.24, 2.45) is 0 Å². The summed E-state index contributed by atoms with van der Waals surface area (Å²) in [5.74, 6) is -0.0300. The number of unbranched alkanes of at least 4 members (excludes halogenated alkanes) is 1. The Hall–Kier alpha value is -1.58. The number of nitrogens with zero attached hydrogens (tertiary/aromatic N) is 2. The molecular formula is C18H29N3O. The lowest BCUT2D eigenvalue weighted by atomic mass is 10.1. The van der Waals surface area contributed by atoms with Gasteiger partial charge in [-0.1, -0.05) is 39.0 Å². The molecule has 1 aromatic rings. The van der Waals surface area contributed by atoms with Gasteiger partial charge in [0.2, 0.25) is 0 Å². The van der Waals surface area contributed by atoms with Crippen LogP contribution in [-0.2, 0) is 0 Å². The van der Waals surface area contributed by atoms with Gasteiger partial charge in [-0.05, 0) is 31.4 Å². The Labute approximate surface area is 134 Å². The molecule has 4 nitrogen and oxygen atoms in total. The van der Waals surface area contributed by atoms with Crippen molar-refractivity contribution in [3.8, 4) is 0 Å². The molecule has 22 heavy (non-hydrogen) atoms. The number of amides is 1. The maximum atomic E-state index is 12.4. The van der Waals surface area contributed by atoms with Crippen molar-refractivity contribution in [1.29, 1.82) is 0 Å². The first-order valence-corrected chi connectivity index (χ1v) is 8.68. The number of anilines is 1. The summed E-state index contributed by atoms with van der Waals surface area (Å²) < 4.78 is 0. The minimum Gasteiger partial charge on any atom is -0.374 e. The summed E-state index contributed by atoms with van der Waals surface area (Å²) in [5, 5.41) is 3.16. The molecule has 2 rings (SSSR count). The van der Waals surface area contributed by atoms with Crippen LogP contribution < -0.4 is 10.2 Å². The fourth-order valence-electron chi connectivity index (χ4n) is 2.99. The Morgan fingerprint density at radius 3 is 2.73 bits per heavy atom. The van der Waals surface area contributed by atoms with Gasteiger partial charge in [0, 0.05) is 31.5 Å². The average molecular weight is 303 g/mol. The molecule has 1 aromatic heterocycles. The normalized spacial score (nSPS) is 16.1. The van der Waals surface area contributed by atoms with E-state index in [1.54, 1.807) is 6.20 Å². The topological polar surface area (TPSA) is 45.2 Å². The SMILES string of the molecule is CCCCN(C)c1ccnc(C(=O)NC2CCCCCC2)c1. The Morgan fingerprint density at radius 1 is 1.32 bits per heavy atom. The molecule has 1 fully saturated rings. The molecule has 4 heteroatoms. The summed E-state index contributed by atoms with van der Waals surface area (Å²) >= 11 is 0. The summed E-state index contributed by atoms with van der Waals surface area (Å²) in [7, 11) is 2.07. The number of hydrogen-bond donors (Lipinski definition) is 1. The van der Waals surface area contributed by atoms with E-state index in [1.807, 2.05) is 12.1 Å². The van der Waals surface area contributed by atoms with E-state index in [4.69, 9.17) is 0 Å². The van der Waals surface area contributed by atoms with Crippen LogP contribution >= 0.6 is 0 Å². The first-order valence-electron chi connectivity index (χ1n) is 8.68. The highest BCUT2D eigenvalue weighted by atomic mass is 16.1. The van der Waals surface area contributed by atoms with Crippen LogP contribution in [0.5, 0.6) is 0 Å². The van der Waals surface area contributed by atoms with E-state index in [9.17, 15) is 4.79 Å². The van der Waals surface area contributed by atoms with Gasteiger partial charge in [-0.25, -0.2) is 0 Å². The van der Waals surface area contributed by atoms with Crippen molar-refractivity contribution in [1.82, 2.24) is 10.3 Å². The van der Waals surface area contributed by atoms with Gasteiger partial charge < -0.3 is 10.2 Å². The smallest absolute Gasteiger partial charge is 0.270 e. The summed E-state index contributed by atoms with van der Waals surface area (Å²) in [6.07, 6.45) is 11.3. The van der Waals surface area contributed by atoms with E-state index >= 15 is 0 Å². The minimum absolute atomic E-state index is 0.0300. The van der Waals surface area contributed by atoms with Gasteiger partial charge in [0.15, 0.2) is 0 Å². The zero-order chi connectivity index (χ0) is 15.8. The number of pyridine rings is 1. The van der Waals surface area contributed by atoms with Crippen molar-refractivity contribution in [3.63, 3.8) is 0 Å². The monoisotopic (exact) mass is 303 g/mol. The second-order valence-corrected chi connectivity index (χ2v) is 6.34. The fraction of sp³-hybridized carbons (Fsp3) is 0.667. The molecule has 0 atom stereocenters. The molecule has 1 heterocycles. The zero-order valence-electron chi connectivity index (χ0n) is 14.0. The number of hydrogen-bond acceptors (Lipinski definition) is 3. The average Bonchev–Trinajstić information content (AvgIpc) is 2.81. The van der Waals surface area contributed by atoms with Crippen LogP contribution in [0, 0.1) is 0 Å². The van der Waals surface area contributed by atoms with Crippen molar-refractivity contribution in [3.05, 3.63) is 24.0 Å². The molecule has 122 valence electrons. The molecule has 0 spiro atoms. The highest BCUT2D eigenvalue weighted by Crippen LogP contribution is 2.18. The zero-order valence-corrected chi connectivity index (χ0v) is 14.0. The Bertz CT molecular complexity index is 467. The van der Waals surface area contributed by atoms with Gasteiger partial charge in [0.05, 0.1) is 0 Å².